The molecule has 1 aromatic carbocycles. The van der Waals surface area contributed by atoms with Crippen molar-refractivity contribution in [3.05, 3.63) is 35.9 Å². The molecule has 19 heavy (non-hydrogen) atoms. The van der Waals surface area contributed by atoms with Crippen LogP contribution in [0, 0.1) is 11.8 Å². The summed E-state index contributed by atoms with van der Waals surface area (Å²) in [5.41, 5.74) is 5.46. The standard InChI is InChI=1S/C15H22N2O2/c1-11-8-12(11)9-17(2)10-15(16,14(18)19)13-6-4-3-5-7-13/h3-7,11-12H,8-10,16H2,1-2H3,(H,18,19). The third kappa shape index (κ3) is 3.14. The topological polar surface area (TPSA) is 66.6 Å². The highest BCUT2D eigenvalue weighted by atomic mass is 16.4. The molecule has 3 unspecified atom stereocenters. The van der Waals surface area contributed by atoms with Crippen molar-refractivity contribution in [3.8, 4) is 0 Å². The lowest BCUT2D eigenvalue weighted by molar-refractivity contribution is -0.144. The van der Waals surface area contributed by atoms with Crippen LogP contribution in [0.1, 0.15) is 18.9 Å². The third-order valence-electron chi connectivity index (χ3n) is 4.01. The summed E-state index contributed by atoms with van der Waals surface area (Å²) in [4.78, 5) is 13.6. The van der Waals surface area contributed by atoms with Gasteiger partial charge in [0.05, 0.1) is 0 Å². The van der Waals surface area contributed by atoms with Gasteiger partial charge in [0.2, 0.25) is 0 Å². The predicted molar refractivity (Wildman–Crippen MR) is 74.7 cm³/mol. The molecule has 1 aliphatic carbocycles. The number of carboxylic acids is 1. The van der Waals surface area contributed by atoms with Gasteiger partial charge in [-0.15, -0.1) is 0 Å². The number of carbonyl (C=O) groups is 1. The van der Waals surface area contributed by atoms with Crippen LogP contribution in [-0.4, -0.2) is 36.1 Å². The van der Waals surface area contributed by atoms with Crippen LogP contribution in [0.4, 0.5) is 0 Å². The number of benzene rings is 1. The van der Waals surface area contributed by atoms with Gasteiger partial charge in [-0.2, -0.15) is 0 Å². The summed E-state index contributed by atoms with van der Waals surface area (Å²) in [5.74, 6) is 0.476. The van der Waals surface area contributed by atoms with Gasteiger partial charge in [-0.05, 0) is 30.9 Å². The Hall–Kier alpha value is -1.39. The summed E-state index contributed by atoms with van der Waals surface area (Å²) in [6.45, 7) is 3.47. The molecule has 2 rings (SSSR count). The fourth-order valence-corrected chi connectivity index (χ4v) is 2.56. The first-order chi connectivity index (χ1) is 8.93. The number of carboxylic acid groups (broad SMARTS) is 1. The monoisotopic (exact) mass is 262 g/mol. The Morgan fingerprint density at radius 1 is 1.47 bits per heavy atom. The van der Waals surface area contributed by atoms with Crippen molar-refractivity contribution in [1.82, 2.24) is 4.90 Å². The summed E-state index contributed by atoms with van der Waals surface area (Å²) >= 11 is 0. The van der Waals surface area contributed by atoms with E-state index < -0.39 is 11.5 Å². The minimum Gasteiger partial charge on any atom is -0.480 e. The normalized spacial score (nSPS) is 25.1. The zero-order chi connectivity index (χ0) is 14.0. The molecule has 4 heteroatoms. The number of hydrogen-bond donors (Lipinski definition) is 2. The van der Waals surface area contributed by atoms with Crippen LogP contribution in [0.15, 0.2) is 30.3 Å². The maximum Gasteiger partial charge on any atom is 0.329 e. The molecule has 1 aromatic rings. The summed E-state index contributed by atoms with van der Waals surface area (Å²) < 4.78 is 0. The number of nitrogens with two attached hydrogens (primary N) is 1. The maximum atomic E-state index is 11.6. The molecule has 3 N–H and O–H groups in total. The van der Waals surface area contributed by atoms with Gasteiger partial charge in [0.25, 0.3) is 0 Å². The molecular formula is C15H22N2O2. The molecule has 0 radical (unpaired) electrons. The third-order valence-corrected chi connectivity index (χ3v) is 4.01. The summed E-state index contributed by atoms with van der Waals surface area (Å²) in [5, 5.41) is 9.48. The second-order valence-corrected chi connectivity index (χ2v) is 5.81. The van der Waals surface area contributed by atoms with E-state index in [1.54, 1.807) is 12.1 Å². The molecule has 0 aromatic heterocycles. The minimum atomic E-state index is -1.34. The molecule has 0 bridgehead atoms. The van der Waals surface area contributed by atoms with Crippen molar-refractivity contribution < 1.29 is 9.90 Å². The van der Waals surface area contributed by atoms with Crippen LogP contribution in [-0.2, 0) is 10.3 Å². The fourth-order valence-electron chi connectivity index (χ4n) is 2.56. The number of likely N-dealkylation sites (N-methyl/N-ethyl adjacent to an activating group) is 1. The molecule has 0 spiro atoms. The van der Waals surface area contributed by atoms with E-state index >= 15 is 0 Å². The molecule has 104 valence electrons. The zero-order valence-electron chi connectivity index (χ0n) is 11.5. The molecule has 0 heterocycles. The lowest BCUT2D eigenvalue weighted by Crippen LogP contribution is -2.53. The lowest BCUT2D eigenvalue weighted by Gasteiger charge is -2.30. The van der Waals surface area contributed by atoms with Gasteiger partial charge in [0.1, 0.15) is 0 Å². The molecule has 1 saturated carbocycles. The Kier molecular flexibility index (Phi) is 3.92. The Bertz CT molecular complexity index is 449. The van der Waals surface area contributed by atoms with E-state index in [0.29, 0.717) is 18.0 Å². The molecule has 1 aliphatic rings. The number of nitrogens with zero attached hydrogens (tertiary/aromatic N) is 1. The molecule has 4 nitrogen and oxygen atoms in total. The van der Waals surface area contributed by atoms with Gasteiger partial charge in [-0.25, -0.2) is 4.79 Å². The van der Waals surface area contributed by atoms with Crippen LogP contribution in [0.25, 0.3) is 0 Å². The van der Waals surface area contributed by atoms with Crippen LogP contribution in [0.3, 0.4) is 0 Å². The molecule has 1 fully saturated rings. The maximum absolute atomic E-state index is 11.6. The second-order valence-electron chi connectivity index (χ2n) is 5.81. The highest BCUT2D eigenvalue weighted by molar-refractivity contribution is 5.80. The molecule has 0 amide bonds. The Morgan fingerprint density at radius 2 is 2.05 bits per heavy atom. The van der Waals surface area contributed by atoms with E-state index in [9.17, 15) is 9.90 Å². The van der Waals surface area contributed by atoms with Crippen molar-refractivity contribution in [2.45, 2.75) is 18.9 Å². The van der Waals surface area contributed by atoms with E-state index in [-0.39, 0.29) is 0 Å². The van der Waals surface area contributed by atoms with Crippen LogP contribution >= 0.6 is 0 Å². The largest absolute Gasteiger partial charge is 0.480 e. The van der Waals surface area contributed by atoms with E-state index in [0.717, 1.165) is 12.5 Å². The van der Waals surface area contributed by atoms with E-state index in [4.69, 9.17) is 5.73 Å². The van der Waals surface area contributed by atoms with Gasteiger partial charge in [0.15, 0.2) is 5.54 Å². The van der Waals surface area contributed by atoms with E-state index in [1.807, 2.05) is 30.1 Å². The Balaban J connectivity index is 2.09. The first-order valence-corrected chi connectivity index (χ1v) is 6.70. The lowest BCUT2D eigenvalue weighted by atomic mass is 9.90. The number of aliphatic carboxylic acids is 1. The van der Waals surface area contributed by atoms with E-state index in [2.05, 4.69) is 6.92 Å². The average molecular weight is 262 g/mol. The predicted octanol–water partition coefficient (Wildman–Crippen LogP) is 1.51. The van der Waals surface area contributed by atoms with Gasteiger partial charge in [-0.3, -0.25) is 0 Å². The van der Waals surface area contributed by atoms with Crippen LogP contribution in [0.5, 0.6) is 0 Å². The molecular weight excluding hydrogens is 240 g/mol. The average Bonchev–Trinajstić information content (AvgIpc) is 3.05. The Morgan fingerprint density at radius 3 is 2.53 bits per heavy atom. The number of rotatable bonds is 6. The van der Waals surface area contributed by atoms with Gasteiger partial charge >= 0.3 is 5.97 Å². The molecule has 3 atom stereocenters. The first-order valence-electron chi connectivity index (χ1n) is 6.70. The van der Waals surface area contributed by atoms with Crippen molar-refractivity contribution in [1.29, 1.82) is 0 Å². The van der Waals surface area contributed by atoms with Crippen LogP contribution < -0.4 is 5.73 Å². The highest BCUT2D eigenvalue weighted by Gasteiger charge is 2.39. The number of hydrogen-bond acceptors (Lipinski definition) is 3. The summed E-state index contributed by atoms with van der Waals surface area (Å²) in [6, 6.07) is 9.07. The van der Waals surface area contributed by atoms with Crippen LogP contribution in [0.2, 0.25) is 0 Å². The molecule has 0 saturated heterocycles. The van der Waals surface area contributed by atoms with Crippen molar-refractivity contribution >= 4 is 5.97 Å². The summed E-state index contributed by atoms with van der Waals surface area (Å²) in [6.07, 6.45) is 1.24. The van der Waals surface area contributed by atoms with Gasteiger partial charge in [0, 0.05) is 13.1 Å². The second kappa shape index (κ2) is 5.31. The first kappa shape index (κ1) is 14.0. The smallest absolute Gasteiger partial charge is 0.329 e. The van der Waals surface area contributed by atoms with Gasteiger partial charge < -0.3 is 15.7 Å². The molecule has 0 aliphatic heterocycles. The van der Waals surface area contributed by atoms with Gasteiger partial charge in [-0.1, -0.05) is 37.3 Å². The summed E-state index contributed by atoms with van der Waals surface area (Å²) in [7, 11) is 1.94. The van der Waals surface area contributed by atoms with Crippen molar-refractivity contribution in [3.63, 3.8) is 0 Å². The van der Waals surface area contributed by atoms with E-state index in [1.165, 1.54) is 6.42 Å². The van der Waals surface area contributed by atoms with Crippen molar-refractivity contribution in [2.24, 2.45) is 17.6 Å². The Labute approximate surface area is 114 Å². The highest BCUT2D eigenvalue weighted by Crippen LogP contribution is 2.38. The zero-order valence-corrected chi connectivity index (χ0v) is 11.5. The fraction of sp³-hybridized carbons (Fsp3) is 0.533. The SMILES string of the molecule is CC1CC1CN(C)CC(N)(C(=O)O)c1ccccc1. The quantitative estimate of drug-likeness (QED) is 0.815. The van der Waals surface area contributed by atoms with Crippen molar-refractivity contribution in [2.75, 3.05) is 20.1 Å². The minimum absolute atomic E-state index is 0.329.